The number of benzene rings is 1. The van der Waals surface area contributed by atoms with Crippen LogP contribution >= 0.6 is 0 Å². The van der Waals surface area contributed by atoms with Crippen LogP contribution in [0.25, 0.3) is 0 Å². The third kappa shape index (κ3) is 6.01. The Hall–Kier alpha value is -1.14. The molecule has 6 heteroatoms. The van der Waals surface area contributed by atoms with E-state index in [1.54, 1.807) is 12.1 Å². The predicted molar refractivity (Wildman–Crippen MR) is 73.8 cm³/mol. The monoisotopic (exact) mass is 307 g/mol. The summed E-state index contributed by atoms with van der Waals surface area (Å²) >= 11 is 0. The van der Waals surface area contributed by atoms with Crippen molar-refractivity contribution in [3.05, 3.63) is 35.4 Å². The summed E-state index contributed by atoms with van der Waals surface area (Å²) in [7, 11) is 0. The molecule has 1 aromatic carbocycles. The van der Waals surface area contributed by atoms with Crippen LogP contribution in [0.15, 0.2) is 24.3 Å². The smallest absolute Gasteiger partial charge is 0.319 e. The molecule has 0 aliphatic carbocycles. The summed E-state index contributed by atoms with van der Waals surface area (Å²) in [6.07, 6.45) is -3.81. The fourth-order valence-corrected chi connectivity index (χ4v) is 1.92. The Morgan fingerprint density at radius 2 is 1.71 bits per heavy atom. The molecule has 0 amide bonds. The topological polar surface area (TPSA) is 32.3 Å². The Balaban J connectivity index is 2.47. The second-order valence-electron chi connectivity index (χ2n) is 5.55. The minimum absolute atomic E-state index is 0.203. The van der Waals surface area contributed by atoms with E-state index in [1.807, 2.05) is 12.1 Å². The van der Waals surface area contributed by atoms with Crippen LogP contribution in [0.4, 0.5) is 17.6 Å². The van der Waals surface area contributed by atoms with Crippen molar-refractivity contribution in [2.24, 2.45) is 5.92 Å². The maximum Gasteiger partial charge on any atom is 0.319 e. The SMILES string of the molecule is CC(C)Cc1ccc(C(O)CNCC(F)(F)C(F)F)cc1. The first-order chi connectivity index (χ1) is 9.72. The molecule has 0 fully saturated rings. The zero-order chi connectivity index (χ0) is 16.0. The Labute approximate surface area is 122 Å². The third-order valence-corrected chi connectivity index (χ3v) is 3.03. The molecule has 0 heterocycles. The summed E-state index contributed by atoms with van der Waals surface area (Å²) in [5.41, 5.74) is 1.69. The second-order valence-corrected chi connectivity index (χ2v) is 5.55. The van der Waals surface area contributed by atoms with Gasteiger partial charge in [0, 0.05) is 6.54 Å². The highest BCUT2D eigenvalue weighted by molar-refractivity contribution is 5.24. The van der Waals surface area contributed by atoms with Gasteiger partial charge in [-0.05, 0) is 23.5 Å². The van der Waals surface area contributed by atoms with Crippen LogP contribution < -0.4 is 5.32 Å². The van der Waals surface area contributed by atoms with E-state index >= 15 is 0 Å². The second kappa shape index (κ2) is 7.75. The van der Waals surface area contributed by atoms with Gasteiger partial charge in [-0.25, -0.2) is 8.78 Å². The van der Waals surface area contributed by atoms with E-state index in [9.17, 15) is 22.7 Å². The molecule has 0 saturated carbocycles. The predicted octanol–water partition coefficient (Wildman–Crippen LogP) is 3.41. The van der Waals surface area contributed by atoms with Crippen LogP contribution in [0.2, 0.25) is 0 Å². The highest BCUT2D eigenvalue weighted by Crippen LogP contribution is 2.22. The fraction of sp³-hybridized carbons (Fsp3) is 0.600. The van der Waals surface area contributed by atoms with Crippen molar-refractivity contribution in [1.82, 2.24) is 5.32 Å². The molecule has 0 bridgehead atoms. The van der Waals surface area contributed by atoms with E-state index in [1.165, 1.54) is 0 Å². The van der Waals surface area contributed by atoms with E-state index in [-0.39, 0.29) is 6.54 Å². The van der Waals surface area contributed by atoms with Gasteiger partial charge < -0.3 is 10.4 Å². The average Bonchev–Trinajstić information content (AvgIpc) is 2.38. The van der Waals surface area contributed by atoms with E-state index in [4.69, 9.17) is 0 Å². The fourth-order valence-electron chi connectivity index (χ4n) is 1.92. The van der Waals surface area contributed by atoms with Gasteiger partial charge in [0.15, 0.2) is 0 Å². The van der Waals surface area contributed by atoms with Crippen molar-refractivity contribution >= 4 is 0 Å². The maximum absolute atomic E-state index is 12.7. The van der Waals surface area contributed by atoms with E-state index in [0.717, 1.165) is 12.0 Å². The van der Waals surface area contributed by atoms with Gasteiger partial charge in [0.25, 0.3) is 0 Å². The minimum atomic E-state index is -4.08. The number of hydrogen-bond donors (Lipinski definition) is 2. The van der Waals surface area contributed by atoms with Crippen molar-refractivity contribution in [2.45, 2.75) is 38.7 Å². The van der Waals surface area contributed by atoms with Crippen LogP contribution in [0.5, 0.6) is 0 Å². The van der Waals surface area contributed by atoms with Crippen molar-refractivity contribution in [2.75, 3.05) is 13.1 Å². The van der Waals surface area contributed by atoms with Crippen LogP contribution in [0, 0.1) is 5.92 Å². The van der Waals surface area contributed by atoms with Crippen LogP contribution in [0.1, 0.15) is 31.1 Å². The molecule has 2 N–H and O–H groups in total. The molecular weight excluding hydrogens is 286 g/mol. The normalized spacial score (nSPS) is 14.0. The number of aliphatic hydroxyl groups is 1. The quantitative estimate of drug-likeness (QED) is 0.721. The Kier molecular flexibility index (Phi) is 6.61. The average molecular weight is 307 g/mol. The van der Waals surface area contributed by atoms with Gasteiger partial charge >= 0.3 is 12.3 Å². The molecule has 120 valence electrons. The molecule has 0 aromatic heterocycles. The number of halogens is 4. The Morgan fingerprint density at radius 1 is 1.14 bits per heavy atom. The van der Waals surface area contributed by atoms with Crippen LogP contribution in [-0.4, -0.2) is 30.5 Å². The molecule has 2 nitrogen and oxygen atoms in total. The summed E-state index contributed by atoms with van der Waals surface area (Å²) in [5, 5.41) is 12.0. The van der Waals surface area contributed by atoms with Gasteiger partial charge in [-0.1, -0.05) is 38.1 Å². The lowest BCUT2D eigenvalue weighted by Gasteiger charge is -2.18. The van der Waals surface area contributed by atoms with Gasteiger partial charge in [-0.2, -0.15) is 8.78 Å². The summed E-state index contributed by atoms with van der Waals surface area (Å²) in [6.45, 7) is 2.82. The zero-order valence-electron chi connectivity index (χ0n) is 12.1. The van der Waals surface area contributed by atoms with Crippen molar-refractivity contribution in [3.63, 3.8) is 0 Å². The molecule has 21 heavy (non-hydrogen) atoms. The highest BCUT2D eigenvalue weighted by atomic mass is 19.3. The summed E-state index contributed by atoms with van der Waals surface area (Å²) in [4.78, 5) is 0. The van der Waals surface area contributed by atoms with E-state index in [0.29, 0.717) is 11.5 Å². The summed E-state index contributed by atoms with van der Waals surface area (Å²) < 4.78 is 49.3. The number of rotatable bonds is 8. The molecule has 0 aliphatic heterocycles. The van der Waals surface area contributed by atoms with E-state index in [2.05, 4.69) is 19.2 Å². The van der Waals surface area contributed by atoms with Crippen LogP contribution in [0.3, 0.4) is 0 Å². The van der Waals surface area contributed by atoms with E-state index < -0.39 is 25.0 Å². The first-order valence-electron chi connectivity index (χ1n) is 6.86. The molecule has 0 saturated heterocycles. The number of alkyl halides is 4. The molecule has 1 rings (SSSR count). The van der Waals surface area contributed by atoms with Crippen LogP contribution in [-0.2, 0) is 6.42 Å². The first kappa shape index (κ1) is 17.9. The number of aliphatic hydroxyl groups excluding tert-OH is 1. The lowest BCUT2D eigenvalue weighted by molar-refractivity contribution is -0.125. The summed E-state index contributed by atoms with van der Waals surface area (Å²) in [6, 6.07) is 7.17. The van der Waals surface area contributed by atoms with Gasteiger partial charge in [0.05, 0.1) is 12.6 Å². The molecule has 1 aromatic rings. The van der Waals surface area contributed by atoms with Crippen molar-refractivity contribution in [1.29, 1.82) is 0 Å². The van der Waals surface area contributed by atoms with Crippen molar-refractivity contribution in [3.8, 4) is 0 Å². The zero-order valence-corrected chi connectivity index (χ0v) is 12.1. The maximum atomic E-state index is 12.7. The molecular formula is C15H21F4NO. The lowest BCUT2D eigenvalue weighted by atomic mass is 10.0. The Morgan fingerprint density at radius 3 is 2.19 bits per heavy atom. The van der Waals surface area contributed by atoms with Crippen molar-refractivity contribution < 1.29 is 22.7 Å². The van der Waals surface area contributed by atoms with Gasteiger partial charge in [-0.3, -0.25) is 0 Å². The lowest BCUT2D eigenvalue weighted by Crippen LogP contribution is -2.40. The Bertz CT molecular complexity index is 420. The standard InChI is InChI=1S/C15H21F4NO/c1-10(2)7-11-3-5-12(6-4-11)13(21)8-20-9-15(18,19)14(16)17/h3-6,10,13-14,20-21H,7-9H2,1-2H3. The molecule has 0 aliphatic rings. The summed E-state index contributed by atoms with van der Waals surface area (Å²) in [5.74, 6) is -3.57. The number of hydrogen-bond acceptors (Lipinski definition) is 2. The van der Waals surface area contributed by atoms with Gasteiger partial charge in [0.2, 0.25) is 0 Å². The van der Waals surface area contributed by atoms with Gasteiger partial charge in [0.1, 0.15) is 0 Å². The minimum Gasteiger partial charge on any atom is -0.387 e. The molecule has 0 radical (unpaired) electrons. The first-order valence-corrected chi connectivity index (χ1v) is 6.86. The largest absolute Gasteiger partial charge is 0.387 e. The highest BCUT2D eigenvalue weighted by Gasteiger charge is 2.40. The van der Waals surface area contributed by atoms with Gasteiger partial charge in [-0.15, -0.1) is 0 Å². The number of nitrogens with one attached hydrogen (secondary N) is 1. The molecule has 1 atom stereocenters. The third-order valence-electron chi connectivity index (χ3n) is 3.03. The molecule has 0 spiro atoms. The molecule has 1 unspecified atom stereocenters.